The number of piperazine rings is 2. The molecule has 0 radical (unpaired) electrons. The van der Waals surface area contributed by atoms with Gasteiger partial charge in [-0.3, -0.25) is 24.3 Å². The van der Waals surface area contributed by atoms with E-state index in [0.717, 1.165) is 111 Å². The average molecular weight is 649 g/mol. The Kier molecular flexibility index (Phi) is 16.9. The molecule has 4 rings (SSSR count). The summed E-state index contributed by atoms with van der Waals surface area (Å²) in [6.45, 7) is 28.7. The van der Waals surface area contributed by atoms with E-state index in [1.54, 1.807) is 0 Å². The second kappa shape index (κ2) is 20.5. The summed E-state index contributed by atoms with van der Waals surface area (Å²) in [4.78, 5) is 41.3. The topological polar surface area (TPSA) is 72.0 Å². The third kappa shape index (κ3) is 12.8. The summed E-state index contributed by atoms with van der Waals surface area (Å²) >= 11 is 0. The van der Waals surface area contributed by atoms with Gasteiger partial charge in [0.15, 0.2) is 0 Å². The zero-order valence-corrected chi connectivity index (χ0v) is 30.0. The predicted octanol–water partition coefficient (Wildman–Crippen LogP) is 2.27. The van der Waals surface area contributed by atoms with Crippen LogP contribution in [-0.2, 0) is 19.1 Å². The first-order valence-corrected chi connectivity index (χ1v) is 18.9. The molecule has 4 fully saturated rings. The number of hydrogen-bond acceptors (Lipinski definition) is 10. The Hall–Kier alpha value is -0.980. The summed E-state index contributed by atoms with van der Waals surface area (Å²) in [7, 11) is 0. The fourth-order valence-electron chi connectivity index (χ4n) is 7.90. The molecule has 0 N–H and O–H groups in total. The number of ketones is 2. The summed E-state index contributed by atoms with van der Waals surface area (Å²) < 4.78 is 11.1. The highest BCUT2D eigenvalue weighted by atomic mass is 16.5. The van der Waals surface area contributed by atoms with Crippen molar-refractivity contribution < 1.29 is 19.1 Å². The van der Waals surface area contributed by atoms with Crippen LogP contribution in [0.1, 0.15) is 59.8 Å². The molecule has 0 saturated carbocycles. The Morgan fingerprint density at radius 2 is 1.02 bits per heavy atom. The van der Waals surface area contributed by atoms with E-state index in [1.807, 2.05) is 13.8 Å². The fraction of sp³-hybridized carbons (Fsp3) is 0.944. The zero-order valence-electron chi connectivity index (χ0n) is 30.0. The molecule has 10 nitrogen and oxygen atoms in total. The maximum Gasteiger partial charge on any atom is 0.149 e. The lowest BCUT2D eigenvalue weighted by molar-refractivity contribution is -0.127. The standard InChI is InChI=1S/C36H68N6O4/c1-5-45-25-23-37-11-7-33(8-12-37)28-39-15-17-40(18-16-39)29-35(43)31(3)27-32(4)36(44)30-41-19-21-42(22-20-41)34-9-13-38(14-10-34)24-26-46-6-2/h31-34H,5-30H2,1-4H3/t31?,32-/m0/s1. The Labute approximate surface area is 281 Å². The molecule has 10 heteroatoms. The van der Waals surface area contributed by atoms with Crippen LogP contribution in [0.2, 0.25) is 0 Å². The van der Waals surface area contributed by atoms with Gasteiger partial charge in [-0.2, -0.15) is 0 Å². The van der Waals surface area contributed by atoms with Gasteiger partial charge < -0.3 is 24.2 Å². The molecule has 46 heavy (non-hydrogen) atoms. The summed E-state index contributed by atoms with van der Waals surface area (Å²) in [5.74, 6) is 1.25. The molecule has 2 atom stereocenters. The van der Waals surface area contributed by atoms with E-state index in [0.29, 0.717) is 37.1 Å². The molecule has 4 heterocycles. The van der Waals surface area contributed by atoms with Crippen LogP contribution in [0.25, 0.3) is 0 Å². The van der Waals surface area contributed by atoms with Crippen LogP contribution in [0.3, 0.4) is 0 Å². The molecule has 0 amide bonds. The van der Waals surface area contributed by atoms with Crippen LogP contribution < -0.4 is 0 Å². The van der Waals surface area contributed by atoms with Crippen molar-refractivity contribution >= 4 is 11.6 Å². The number of piperidine rings is 2. The van der Waals surface area contributed by atoms with Crippen molar-refractivity contribution in [1.29, 1.82) is 0 Å². The number of ether oxygens (including phenoxy) is 2. The van der Waals surface area contributed by atoms with Crippen molar-refractivity contribution in [2.24, 2.45) is 17.8 Å². The van der Waals surface area contributed by atoms with Gasteiger partial charge in [-0.15, -0.1) is 0 Å². The molecule has 4 aliphatic rings. The van der Waals surface area contributed by atoms with Crippen LogP contribution >= 0.6 is 0 Å². The number of Topliss-reactive ketones (excluding diaryl/α,β-unsaturated/α-hetero) is 2. The summed E-state index contributed by atoms with van der Waals surface area (Å²) in [5.41, 5.74) is 0. The van der Waals surface area contributed by atoms with Crippen LogP contribution in [-0.4, -0.2) is 185 Å². The molecular weight excluding hydrogens is 580 g/mol. The number of carbonyl (C=O) groups is 2. The van der Waals surface area contributed by atoms with Gasteiger partial charge in [-0.1, -0.05) is 13.8 Å². The highest BCUT2D eigenvalue weighted by molar-refractivity contribution is 5.85. The Bertz CT molecular complexity index is 863. The van der Waals surface area contributed by atoms with Crippen molar-refractivity contribution in [2.75, 3.05) is 138 Å². The molecular formula is C36H68N6O4. The maximum atomic E-state index is 13.2. The van der Waals surface area contributed by atoms with E-state index in [-0.39, 0.29) is 11.8 Å². The fourth-order valence-corrected chi connectivity index (χ4v) is 7.90. The van der Waals surface area contributed by atoms with Crippen molar-refractivity contribution in [1.82, 2.24) is 29.4 Å². The molecule has 0 bridgehead atoms. The quantitative estimate of drug-likeness (QED) is 0.195. The van der Waals surface area contributed by atoms with E-state index < -0.39 is 0 Å². The summed E-state index contributed by atoms with van der Waals surface area (Å²) in [6.07, 6.45) is 5.71. The highest BCUT2D eigenvalue weighted by Gasteiger charge is 2.30. The minimum Gasteiger partial charge on any atom is -0.380 e. The second-order valence-corrected chi connectivity index (χ2v) is 14.6. The Balaban J connectivity index is 1.05. The molecule has 0 aromatic heterocycles. The van der Waals surface area contributed by atoms with Crippen molar-refractivity contribution in [3.63, 3.8) is 0 Å². The van der Waals surface area contributed by atoms with Crippen LogP contribution in [0.4, 0.5) is 0 Å². The van der Waals surface area contributed by atoms with Crippen molar-refractivity contribution in [3.05, 3.63) is 0 Å². The second-order valence-electron chi connectivity index (χ2n) is 14.6. The molecule has 0 aromatic rings. The van der Waals surface area contributed by atoms with Gasteiger partial charge >= 0.3 is 0 Å². The van der Waals surface area contributed by atoms with E-state index in [1.165, 1.54) is 45.3 Å². The third-order valence-corrected chi connectivity index (χ3v) is 11.2. The summed E-state index contributed by atoms with van der Waals surface area (Å²) in [6, 6.07) is 0.675. The molecule has 1 unspecified atom stereocenters. The summed E-state index contributed by atoms with van der Waals surface area (Å²) in [5, 5.41) is 0. The normalized spacial score (nSPS) is 24.3. The number of nitrogens with zero attached hydrogens (tertiary/aromatic N) is 6. The molecule has 4 saturated heterocycles. The Morgan fingerprint density at radius 3 is 1.50 bits per heavy atom. The van der Waals surface area contributed by atoms with Crippen LogP contribution in [0, 0.1) is 17.8 Å². The number of rotatable bonds is 19. The third-order valence-electron chi connectivity index (χ3n) is 11.2. The molecule has 0 aromatic carbocycles. The van der Waals surface area contributed by atoms with E-state index in [2.05, 4.69) is 43.2 Å². The first kappa shape index (κ1) is 37.8. The smallest absolute Gasteiger partial charge is 0.149 e. The first-order valence-electron chi connectivity index (χ1n) is 18.9. The van der Waals surface area contributed by atoms with Gasteiger partial charge in [0.25, 0.3) is 0 Å². The van der Waals surface area contributed by atoms with E-state index in [4.69, 9.17) is 9.47 Å². The van der Waals surface area contributed by atoms with Gasteiger partial charge in [0, 0.05) is 103 Å². The molecule has 0 aliphatic carbocycles. The molecule has 266 valence electrons. The lowest BCUT2D eigenvalue weighted by Crippen LogP contribution is -2.54. The van der Waals surface area contributed by atoms with Gasteiger partial charge in [0.2, 0.25) is 0 Å². The van der Waals surface area contributed by atoms with E-state index in [9.17, 15) is 9.59 Å². The largest absolute Gasteiger partial charge is 0.380 e. The average Bonchev–Trinajstić information content (AvgIpc) is 3.07. The zero-order chi connectivity index (χ0) is 32.7. The minimum absolute atomic E-state index is 0.0684. The SMILES string of the molecule is CCOCCN1CCC(CN2CCN(CC(=O)C(C)C[C@H](C)C(=O)CN3CCN(C4CCN(CCOCC)CC4)CC3)CC2)CC1. The lowest BCUT2D eigenvalue weighted by atomic mass is 9.90. The number of likely N-dealkylation sites (tertiary alicyclic amines) is 2. The number of carbonyl (C=O) groups excluding carboxylic acids is 2. The van der Waals surface area contributed by atoms with E-state index >= 15 is 0 Å². The van der Waals surface area contributed by atoms with Crippen LogP contribution in [0.15, 0.2) is 0 Å². The van der Waals surface area contributed by atoms with Gasteiger partial charge in [0.1, 0.15) is 11.6 Å². The lowest BCUT2D eigenvalue weighted by Gasteiger charge is -2.42. The minimum atomic E-state index is -0.0690. The molecule has 4 aliphatic heterocycles. The van der Waals surface area contributed by atoms with Gasteiger partial charge in [-0.25, -0.2) is 0 Å². The Morgan fingerprint density at radius 1 is 0.587 bits per heavy atom. The van der Waals surface area contributed by atoms with Gasteiger partial charge in [-0.05, 0) is 78.0 Å². The van der Waals surface area contributed by atoms with Gasteiger partial charge in [0.05, 0.1) is 26.3 Å². The monoisotopic (exact) mass is 649 g/mol. The highest BCUT2D eigenvalue weighted by Crippen LogP contribution is 2.21. The number of hydrogen-bond donors (Lipinski definition) is 0. The maximum absolute atomic E-state index is 13.2. The van der Waals surface area contributed by atoms with Crippen LogP contribution in [0.5, 0.6) is 0 Å². The predicted molar refractivity (Wildman–Crippen MR) is 185 cm³/mol. The van der Waals surface area contributed by atoms with Crippen molar-refractivity contribution in [3.8, 4) is 0 Å². The molecule has 0 spiro atoms. The first-order chi connectivity index (χ1) is 22.3. The van der Waals surface area contributed by atoms with Crippen molar-refractivity contribution in [2.45, 2.75) is 65.8 Å².